The summed E-state index contributed by atoms with van der Waals surface area (Å²) in [6.07, 6.45) is 2.72. The Morgan fingerprint density at radius 1 is 1.22 bits per heavy atom. The SMILES string of the molecule is Cc1ccc(C(=O)N2CC3CCC(C2)O3)c(C)c1. The lowest BCUT2D eigenvalue weighted by molar-refractivity contribution is -0.0303. The zero-order chi connectivity index (χ0) is 12.7. The summed E-state index contributed by atoms with van der Waals surface area (Å²) in [4.78, 5) is 14.5. The van der Waals surface area contributed by atoms with Gasteiger partial charge in [-0.05, 0) is 38.3 Å². The first-order chi connectivity index (χ1) is 8.63. The van der Waals surface area contributed by atoms with Gasteiger partial charge < -0.3 is 9.64 Å². The van der Waals surface area contributed by atoms with Crippen LogP contribution in [0.25, 0.3) is 0 Å². The van der Waals surface area contributed by atoms with Crippen molar-refractivity contribution in [2.75, 3.05) is 13.1 Å². The summed E-state index contributed by atoms with van der Waals surface area (Å²) in [7, 11) is 0. The van der Waals surface area contributed by atoms with Gasteiger partial charge in [-0.25, -0.2) is 0 Å². The van der Waals surface area contributed by atoms with Crippen molar-refractivity contribution in [1.82, 2.24) is 4.90 Å². The van der Waals surface area contributed by atoms with Crippen LogP contribution in [0.15, 0.2) is 18.2 Å². The lowest BCUT2D eigenvalue weighted by Gasteiger charge is -2.32. The van der Waals surface area contributed by atoms with E-state index in [1.807, 2.05) is 24.0 Å². The van der Waals surface area contributed by atoms with Crippen molar-refractivity contribution in [2.45, 2.75) is 38.9 Å². The summed E-state index contributed by atoms with van der Waals surface area (Å²) in [5, 5.41) is 0. The number of hydrogen-bond acceptors (Lipinski definition) is 2. The van der Waals surface area contributed by atoms with Crippen LogP contribution >= 0.6 is 0 Å². The highest BCUT2D eigenvalue weighted by molar-refractivity contribution is 5.95. The number of ether oxygens (including phenoxy) is 1. The van der Waals surface area contributed by atoms with Crippen molar-refractivity contribution >= 4 is 5.91 Å². The molecule has 2 bridgehead atoms. The summed E-state index contributed by atoms with van der Waals surface area (Å²) in [5.74, 6) is 0.160. The molecule has 2 fully saturated rings. The van der Waals surface area contributed by atoms with Gasteiger partial charge in [0.05, 0.1) is 12.2 Å². The smallest absolute Gasteiger partial charge is 0.254 e. The Bertz CT molecular complexity index is 471. The van der Waals surface area contributed by atoms with Gasteiger partial charge in [0.1, 0.15) is 0 Å². The fourth-order valence-electron chi connectivity index (χ4n) is 3.00. The Kier molecular flexibility index (Phi) is 2.86. The second kappa shape index (κ2) is 4.39. The monoisotopic (exact) mass is 245 g/mol. The summed E-state index contributed by atoms with van der Waals surface area (Å²) < 4.78 is 5.77. The Balaban J connectivity index is 1.82. The van der Waals surface area contributed by atoms with Gasteiger partial charge in [-0.2, -0.15) is 0 Å². The molecule has 2 saturated heterocycles. The first-order valence-electron chi connectivity index (χ1n) is 6.65. The van der Waals surface area contributed by atoms with Crippen molar-refractivity contribution in [1.29, 1.82) is 0 Å². The maximum atomic E-state index is 12.5. The number of hydrogen-bond donors (Lipinski definition) is 0. The van der Waals surface area contributed by atoms with E-state index in [1.54, 1.807) is 0 Å². The minimum absolute atomic E-state index is 0.160. The molecule has 2 atom stereocenters. The summed E-state index contributed by atoms with van der Waals surface area (Å²) in [6.45, 7) is 5.57. The number of morpholine rings is 1. The van der Waals surface area contributed by atoms with E-state index >= 15 is 0 Å². The number of carbonyl (C=O) groups excluding carboxylic acids is 1. The third kappa shape index (κ3) is 2.03. The molecule has 3 rings (SSSR count). The van der Waals surface area contributed by atoms with Gasteiger partial charge in [-0.1, -0.05) is 17.7 Å². The molecule has 18 heavy (non-hydrogen) atoms. The van der Waals surface area contributed by atoms with Crippen LogP contribution in [-0.4, -0.2) is 36.1 Å². The van der Waals surface area contributed by atoms with Crippen LogP contribution in [-0.2, 0) is 4.74 Å². The van der Waals surface area contributed by atoms with E-state index in [9.17, 15) is 4.79 Å². The van der Waals surface area contributed by atoms with E-state index < -0.39 is 0 Å². The first-order valence-corrected chi connectivity index (χ1v) is 6.65. The minimum Gasteiger partial charge on any atom is -0.371 e. The number of nitrogens with zero attached hydrogens (tertiary/aromatic N) is 1. The number of benzene rings is 1. The van der Waals surface area contributed by atoms with Gasteiger partial charge in [0.25, 0.3) is 5.91 Å². The highest BCUT2D eigenvalue weighted by Gasteiger charge is 2.36. The largest absolute Gasteiger partial charge is 0.371 e. The Morgan fingerprint density at radius 2 is 1.89 bits per heavy atom. The molecule has 0 aromatic heterocycles. The van der Waals surface area contributed by atoms with Gasteiger partial charge in [0.2, 0.25) is 0 Å². The van der Waals surface area contributed by atoms with E-state index in [4.69, 9.17) is 4.74 Å². The second-order valence-electron chi connectivity index (χ2n) is 5.49. The van der Waals surface area contributed by atoms with Gasteiger partial charge in [0.15, 0.2) is 0 Å². The molecule has 0 aliphatic carbocycles. The molecular weight excluding hydrogens is 226 g/mol. The fraction of sp³-hybridized carbons (Fsp3) is 0.533. The van der Waals surface area contributed by atoms with Gasteiger partial charge in [-0.3, -0.25) is 4.79 Å². The van der Waals surface area contributed by atoms with E-state index in [1.165, 1.54) is 5.56 Å². The molecule has 0 N–H and O–H groups in total. The normalized spacial score (nSPS) is 26.4. The zero-order valence-electron chi connectivity index (χ0n) is 11.0. The number of fused-ring (bicyclic) bond motifs is 2. The van der Waals surface area contributed by atoms with Crippen molar-refractivity contribution in [3.8, 4) is 0 Å². The average Bonchev–Trinajstić information content (AvgIpc) is 2.67. The highest BCUT2D eigenvalue weighted by Crippen LogP contribution is 2.27. The number of amides is 1. The van der Waals surface area contributed by atoms with Crippen LogP contribution in [0.2, 0.25) is 0 Å². The van der Waals surface area contributed by atoms with Crippen LogP contribution in [0.4, 0.5) is 0 Å². The van der Waals surface area contributed by atoms with Crippen molar-refractivity contribution < 1.29 is 9.53 Å². The predicted octanol–water partition coefficient (Wildman–Crippen LogP) is 2.31. The zero-order valence-corrected chi connectivity index (χ0v) is 11.0. The number of rotatable bonds is 1. The lowest BCUT2D eigenvalue weighted by atomic mass is 10.0. The molecule has 3 nitrogen and oxygen atoms in total. The molecule has 1 amide bonds. The molecule has 1 aromatic carbocycles. The van der Waals surface area contributed by atoms with Crippen molar-refractivity contribution in [3.63, 3.8) is 0 Å². The molecule has 2 unspecified atom stereocenters. The van der Waals surface area contributed by atoms with E-state index in [2.05, 4.69) is 13.0 Å². The number of likely N-dealkylation sites (tertiary alicyclic amines) is 1. The number of aryl methyl sites for hydroxylation is 2. The molecule has 0 radical (unpaired) electrons. The molecular formula is C15H19NO2. The fourth-order valence-corrected chi connectivity index (χ4v) is 3.00. The van der Waals surface area contributed by atoms with Crippen LogP contribution in [0.5, 0.6) is 0 Å². The predicted molar refractivity (Wildman–Crippen MR) is 69.7 cm³/mol. The third-order valence-electron chi connectivity index (χ3n) is 3.94. The number of carbonyl (C=O) groups is 1. The lowest BCUT2D eigenvalue weighted by Crippen LogP contribution is -2.46. The van der Waals surface area contributed by atoms with Crippen LogP contribution in [0.3, 0.4) is 0 Å². The topological polar surface area (TPSA) is 29.5 Å². The summed E-state index contributed by atoms with van der Waals surface area (Å²) in [6, 6.07) is 6.03. The summed E-state index contributed by atoms with van der Waals surface area (Å²) >= 11 is 0. The minimum atomic E-state index is 0.160. The van der Waals surface area contributed by atoms with Crippen molar-refractivity contribution in [3.05, 3.63) is 34.9 Å². The Morgan fingerprint density at radius 3 is 2.50 bits per heavy atom. The molecule has 2 aliphatic heterocycles. The van der Waals surface area contributed by atoms with E-state index in [0.717, 1.165) is 37.1 Å². The third-order valence-corrected chi connectivity index (χ3v) is 3.94. The molecule has 0 saturated carbocycles. The molecule has 3 heteroatoms. The Hall–Kier alpha value is -1.35. The molecule has 96 valence electrons. The Labute approximate surface area is 108 Å². The molecule has 2 aliphatic rings. The van der Waals surface area contributed by atoms with Crippen LogP contribution < -0.4 is 0 Å². The molecule has 0 spiro atoms. The van der Waals surface area contributed by atoms with Gasteiger partial charge in [0, 0.05) is 18.7 Å². The maximum Gasteiger partial charge on any atom is 0.254 e. The van der Waals surface area contributed by atoms with E-state index in [0.29, 0.717) is 0 Å². The highest BCUT2D eigenvalue weighted by atomic mass is 16.5. The quantitative estimate of drug-likeness (QED) is 0.760. The van der Waals surface area contributed by atoms with Crippen LogP contribution in [0, 0.1) is 13.8 Å². The van der Waals surface area contributed by atoms with Gasteiger partial charge in [-0.15, -0.1) is 0 Å². The van der Waals surface area contributed by atoms with Crippen molar-refractivity contribution in [2.24, 2.45) is 0 Å². The average molecular weight is 245 g/mol. The second-order valence-corrected chi connectivity index (χ2v) is 5.49. The maximum absolute atomic E-state index is 12.5. The first kappa shape index (κ1) is 11.7. The molecule has 2 heterocycles. The van der Waals surface area contributed by atoms with Crippen LogP contribution in [0.1, 0.15) is 34.3 Å². The standard InChI is InChI=1S/C15H19NO2/c1-10-3-6-14(11(2)7-10)15(17)16-8-12-4-5-13(9-16)18-12/h3,6-7,12-13H,4-5,8-9H2,1-2H3. The summed E-state index contributed by atoms with van der Waals surface area (Å²) in [5.41, 5.74) is 3.10. The molecule has 1 aromatic rings. The van der Waals surface area contributed by atoms with Gasteiger partial charge >= 0.3 is 0 Å². The van der Waals surface area contributed by atoms with E-state index in [-0.39, 0.29) is 18.1 Å².